The van der Waals surface area contributed by atoms with Crippen molar-refractivity contribution < 1.29 is 4.74 Å². The highest BCUT2D eigenvalue weighted by Gasteiger charge is 2.29. The molecule has 0 aromatic heterocycles. The first-order chi connectivity index (χ1) is 18.8. The van der Waals surface area contributed by atoms with E-state index in [9.17, 15) is 0 Å². The number of nitrogens with zero attached hydrogens (tertiary/aromatic N) is 1. The Morgan fingerprint density at radius 3 is 1.18 bits per heavy atom. The second-order valence-electron chi connectivity index (χ2n) is 12.6. The van der Waals surface area contributed by atoms with Crippen molar-refractivity contribution in [3.05, 3.63) is 0 Å². The van der Waals surface area contributed by atoms with Crippen LogP contribution in [0.5, 0.6) is 0 Å². The van der Waals surface area contributed by atoms with E-state index in [-0.39, 0.29) is 0 Å². The average molecular weight is 534 g/mol. The van der Waals surface area contributed by atoms with E-state index in [1.165, 1.54) is 186 Å². The Balaban J connectivity index is 2.11. The zero-order valence-electron chi connectivity index (χ0n) is 26.7. The molecule has 0 aromatic rings. The summed E-state index contributed by atoms with van der Waals surface area (Å²) in [6.07, 6.45) is 41.8. The molecule has 2 nitrogen and oxygen atoms in total. The summed E-state index contributed by atoms with van der Waals surface area (Å²) in [5.74, 6) is 1.10. The van der Waals surface area contributed by atoms with E-state index in [1.54, 1.807) is 0 Å². The smallest absolute Gasteiger partial charge is 0.184 e. The average Bonchev–Trinajstić information content (AvgIpc) is 3.31. The largest absolute Gasteiger partial charge is 0.475 e. The van der Waals surface area contributed by atoms with Gasteiger partial charge in [0.05, 0.1) is 6.04 Å². The third-order valence-corrected chi connectivity index (χ3v) is 8.72. The predicted octanol–water partition coefficient (Wildman–Crippen LogP) is 12.9. The van der Waals surface area contributed by atoms with Crippen LogP contribution in [0.4, 0.5) is 0 Å². The van der Waals surface area contributed by atoms with Crippen molar-refractivity contribution in [3.8, 4) is 0 Å². The van der Waals surface area contributed by atoms with Crippen LogP contribution in [0, 0.1) is 0 Å². The zero-order valence-corrected chi connectivity index (χ0v) is 26.7. The number of unbranched alkanes of at least 4 members (excludes halogenated alkanes) is 24. The number of hydrogen-bond acceptors (Lipinski definition) is 2. The number of hydrogen-bond donors (Lipinski definition) is 0. The zero-order chi connectivity index (χ0) is 27.4. The molecule has 1 aliphatic rings. The summed E-state index contributed by atoms with van der Waals surface area (Å²) >= 11 is 0. The standard InChI is InChI=1S/C36H71NO/c1-4-7-10-13-16-17-18-19-20-21-22-23-24-27-30-33-36-37-34(31-28-25-14-11-8-5-2)35(38-36)32-29-26-15-12-9-6-3/h34-35H,4-33H2,1-3H3. The maximum Gasteiger partial charge on any atom is 0.184 e. The number of rotatable bonds is 30. The molecule has 0 saturated carbocycles. The summed E-state index contributed by atoms with van der Waals surface area (Å²) in [4.78, 5) is 5.13. The molecule has 2 unspecified atom stereocenters. The van der Waals surface area contributed by atoms with Crippen LogP contribution in [0.3, 0.4) is 0 Å². The van der Waals surface area contributed by atoms with Crippen molar-refractivity contribution in [3.63, 3.8) is 0 Å². The molecule has 0 aliphatic carbocycles. The number of ether oxygens (including phenoxy) is 1. The Kier molecular flexibility index (Phi) is 26.2. The Bertz CT molecular complexity index is 502. The summed E-state index contributed by atoms with van der Waals surface area (Å²) in [5.41, 5.74) is 0. The first-order valence-corrected chi connectivity index (χ1v) is 18.0. The molecule has 0 N–H and O–H groups in total. The fourth-order valence-corrected chi connectivity index (χ4v) is 6.08. The Morgan fingerprint density at radius 1 is 0.421 bits per heavy atom. The van der Waals surface area contributed by atoms with Crippen LogP contribution in [0.2, 0.25) is 0 Å². The van der Waals surface area contributed by atoms with Gasteiger partial charge >= 0.3 is 0 Å². The highest BCUT2D eigenvalue weighted by molar-refractivity contribution is 5.78. The van der Waals surface area contributed by atoms with Crippen LogP contribution in [0.1, 0.15) is 213 Å². The van der Waals surface area contributed by atoms with Gasteiger partial charge in [0, 0.05) is 6.42 Å². The van der Waals surface area contributed by atoms with Crippen molar-refractivity contribution in [2.24, 2.45) is 4.99 Å². The van der Waals surface area contributed by atoms with Crippen LogP contribution >= 0.6 is 0 Å². The van der Waals surface area contributed by atoms with E-state index in [1.807, 2.05) is 0 Å². The van der Waals surface area contributed by atoms with Crippen molar-refractivity contribution in [2.45, 2.75) is 226 Å². The quantitative estimate of drug-likeness (QED) is 0.0841. The summed E-state index contributed by atoms with van der Waals surface area (Å²) in [6.45, 7) is 6.91. The van der Waals surface area contributed by atoms with Gasteiger partial charge in [-0.3, -0.25) is 0 Å². The monoisotopic (exact) mass is 534 g/mol. The predicted molar refractivity (Wildman–Crippen MR) is 172 cm³/mol. The van der Waals surface area contributed by atoms with Crippen molar-refractivity contribution >= 4 is 5.90 Å². The van der Waals surface area contributed by atoms with Crippen LogP contribution in [0.15, 0.2) is 4.99 Å². The molecule has 0 fully saturated rings. The molecule has 1 heterocycles. The van der Waals surface area contributed by atoms with Crippen LogP contribution in [-0.2, 0) is 4.74 Å². The lowest BCUT2D eigenvalue weighted by molar-refractivity contribution is 0.167. The molecule has 0 radical (unpaired) electrons. The Morgan fingerprint density at radius 2 is 0.763 bits per heavy atom. The van der Waals surface area contributed by atoms with E-state index in [2.05, 4.69) is 20.8 Å². The second-order valence-corrected chi connectivity index (χ2v) is 12.6. The third kappa shape index (κ3) is 21.3. The van der Waals surface area contributed by atoms with Crippen molar-refractivity contribution in [2.75, 3.05) is 0 Å². The van der Waals surface area contributed by atoms with Crippen molar-refractivity contribution in [1.29, 1.82) is 0 Å². The number of aliphatic imine (C=N–C) groups is 1. The molecule has 0 aromatic carbocycles. The van der Waals surface area contributed by atoms with E-state index in [4.69, 9.17) is 9.73 Å². The lowest BCUT2D eigenvalue weighted by Gasteiger charge is -2.18. The molecule has 0 amide bonds. The molecule has 0 saturated heterocycles. The highest BCUT2D eigenvalue weighted by Crippen LogP contribution is 2.26. The normalized spacial score (nSPS) is 17.2. The molecule has 0 spiro atoms. The van der Waals surface area contributed by atoms with Gasteiger partial charge in [0.25, 0.3) is 0 Å². The molecule has 2 heteroatoms. The molecule has 1 aliphatic heterocycles. The summed E-state index contributed by atoms with van der Waals surface area (Å²) in [7, 11) is 0. The minimum atomic E-state index is 0.378. The van der Waals surface area contributed by atoms with E-state index in [0.717, 1.165) is 12.3 Å². The maximum absolute atomic E-state index is 6.47. The van der Waals surface area contributed by atoms with Gasteiger partial charge in [0.1, 0.15) is 6.10 Å². The maximum atomic E-state index is 6.47. The van der Waals surface area contributed by atoms with E-state index < -0.39 is 0 Å². The van der Waals surface area contributed by atoms with Gasteiger partial charge in [0.15, 0.2) is 5.90 Å². The second kappa shape index (κ2) is 28.0. The van der Waals surface area contributed by atoms with Crippen LogP contribution < -0.4 is 0 Å². The Hall–Kier alpha value is -0.530. The molecular formula is C36H71NO. The van der Waals surface area contributed by atoms with Gasteiger partial charge < -0.3 is 4.74 Å². The van der Waals surface area contributed by atoms with Gasteiger partial charge in [-0.25, -0.2) is 4.99 Å². The van der Waals surface area contributed by atoms with Crippen LogP contribution in [-0.4, -0.2) is 18.0 Å². The van der Waals surface area contributed by atoms with Gasteiger partial charge in [-0.15, -0.1) is 0 Å². The Labute approximate surface area is 241 Å². The van der Waals surface area contributed by atoms with Crippen LogP contribution in [0.25, 0.3) is 0 Å². The fraction of sp³-hybridized carbons (Fsp3) is 0.972. The van der Waals surface area contributed by atoms with Gasteiger partial charge in [-0.1, -0.05) is 181 Å². The topological polar surface area (TPSA) is 21.6 Å². The fourth-order valence-electron chi connectivity index (χ4n) is 6.08. The molecule has 226 valence electrons. The third-order valence-electron chi connectivity index (χ3n) is 8.72. The SMILES string of the molecule is CCCCCCCCCCCCCCCCCC1=NC(CCCCCCCC)C(CCCCCCCC)O1. The van der Waals surface area contributed by atoms with Crippen molar-refractivity contribution in [1.82, 2.24) is 0 Å². The molecule has 1 rings (SSSR count). The molecule has 2 atom stereocenters. The first kappa shape index (κ1) is 35.5. The summed E-state index contributed by atoms with van der Waals surface area (Å²) < 4.78 is 6.47. The highest BCUT2D eigenvalue weighted by atomic mass is 16.5. The molecular weight excluding hydrogens is 462 g/mol. The first-order valence-electron chi connectivity index (χ1n) is 18.0. The van der Waals surface area contributed by atoms with Gasteiger partial charge in [0.2, 0.25) is 0 Å². The lowest BCUT2D eigenvalue weighted by atomic mass is 9.98. The minimum absolute atomic E-state index is 0.378. The van der Waals surface area contributed by atoms with Gasteiger partial charge in [-0.05, 0) is 25.7 Å². The van der Waals surface area contributed by atoms with Gasteiger partial charge in [-0.2, -0.15) is 0 Å². The molecule has 0 bridgehead atoms. The van der Waals surface area contributed by atoms with E-state index in [0.29, 0.717) is 12.1 Å². The lowest BCUT2D eigenvalue weighted by Crippen LogP contribution is -2.22. The minimum Gasteiger partial charge on any atom is -0.475 e. The molecule has 38 heavy (non-hydrogen) atoms. The van der Waals surface area contributed by atoms with E-state index >= 15 is 0 Å². The summed E-state index contributed by atoms with van der Waals surface area (Å²) in [5, 5.41) is 0. The summed E-state index contributed by atoms with van der Waals surface area (Å²) in [6, 6.07) is 0.447.